The third-order valence-corrected chi connectivity index (χ3v) is 5.76. The van der Waals surface area contributed by atoms with Crippen molar-refractivity contribution < 1.29 is 4.79 Å². The van der Waals surface area contributed by atoms with Crippen molar-refractivity contribution in [3.63, 3.8) is 0 Å². The van der Waals surface area contributed by atoms with Gasteiger partial charge in [-0.2, -0.15) is 9.78 Å². The number of carbonyl (C=O) groups excluding carboxylic acids is 1. The molecule has 5 heterocycles. The minimum atomic E-state index is -0.264. The zero-order chi connectivity index (χ0) is 18.7. The van der Waals surface area contributed by atoms with Gasteiger partial charge in [-0.1, -0.05) is 23.2 Å². The Labute approximate surface area is 166 Å². The minimum absolute atomic E-state index is 0.128. The predicted octanol–water partition coefficient (Wildman–Crippen LogP) is 3.46. The van der Waals surface area contributed by atoms with Gasteiger partial charge in [-0.3, -0.25) is 9.20 Å². The molecule has 0 unspecified atom stereocenters. The molecule has 8 nitrogen and oxygen atoms in total. The summed E-state index contributed by atoms with van der Waals surface area (Å²) in [6.07, 6.45) is 2.17. The monoisotopic (exact) mass is 419 g/mol. The normalized spacial score (nSPS) is 16.6. The van der Waals surface area contributed by atoms with Crippen molar-refractivity contribution in [2.24, 2.45) is 0 Å². The van der Waals surface area contributed by atoms with Crippen LogP contribution < -0.4 is 5.32 Å². The molecular formula is C16H11Cl2N7OS. The molecule has 0 saturated heterocycles. The van der Waals surface area contributed by atoms with Crippen LogP contribution in [0.15, 0.2) is 23.7 Å². The fraction of sp³-hybridized carbons (Fsp3) is 0.188. The van der Waals surface area contributed by atoms with E-state index in [9.17, 15) is 4.79 Å². The number of aryl methyl sites for hydroxylation is 1. The highest BCUT2D eigenvalue weighted by molar-refractivity contribution is 7.15. The fourth-order valence-electron chi connectivity index (χ4n) is 3.46. The summed E-state index contributed by atoms with van der Waals surface area (Å²) in [5.41, 5.74) is 2.45. The number of carbonyl (C=O) groups is 1. The summed E-state index contributed by atoms with van der Waals surface area (Å²) in [7, 11) is 0. The van der Waals surface area contributed by atoms with Crippen LogP contribution in [-0.4, -0.2) is 35.3 Å². The Morgan fingerprint density at radius 3 is 2.93 bits per heavy atom. The molecule has 0 radical (unpaired) electrons. The zero-order valence-corrected chi connectivity index (χ0v) is 16.2. The minimum Gasteiger partial charge on any atom is -0.310 e. The number of amides is 1. The fourth-order valence-corrected chi connectivity index (χ4v) is 4.63. The number of aromatic nitrogens is 6. The third-order valence-electron chi connectivity index (χ3n) is 4.52. The van der Waals surface area contributed by atoms with Crippen molar-refractivity contribution in [2.75, 3.05) is 5.32 Å². The van der Waals surface area contributed by atoms with Crippen LogP contribution in [-0.2, 0) is 4.79 Å². The van der Waals surface area contributed by atoms with Crippen LogP contribution >= 0.6 is 34.5 Å². The van der Waals surface area contributed by atoms with Gasteiger partial charge in [0.2, 0.25) is 5.91 Å². The average Bonchev–Trinajstić information content (AvgIpc) is 3.28. The third kappa shape index (κ3) is 2.53. The van der Waals surface area contributed by atoms with Crippen LogP contribution in [0, 0.1) is 6.92 Å². The number of anilines is 1. The quantitative estimate of drug-likeness (QED) is 0.537. The summed E-state index contributed by atoms with van der Waals surface area (Å²) in [6.45, 7) is 1.89. The van der Waals surface area contributed by atoms with Gasteiger partial charge in [0.1, 0.15) is 5.82 Å². The van der Waals surface area contributed by atoms with Crippen LogP contribution in [0.1, 0.15) is 29.3 Å². The van der Waals surface area contributed by atoms with E-state index in [1.807, 2.05) is 22.9 Å². The second-order valence-corrected chi connectivity index (χ2v) is 7.74. The molecule has 5 rings (SSSR count). The number of imidazole rings is 1. The maximum absolute atomic E-state index is 12.5. The van der Waals surface area contributed by atoms with E-state index < -0.39 is 0 Å². The lowest BCUT2D eigenvalue weighted by Gasteiger charge is -2.23. The molecule has 0 saturated carbocycles. The molecule has 136 valence electrons. The molecule has 1 atom stereocenters. The number of hydrogen-bond donors (Lipinski definition) is 1. The van der Waals surface area contributed by atoms with E-state index in [-0.39, 0.29) is 23.4 Å². The number of rotatable bonds is 2. The second kappa shape index (κ2) is 6.01. The second-order valence-electron chi connectivity index (χ2n) is 6.12. The molecule has 0 spiro atoms. The molecule has 1 aliphatic rings. The molecule has 0 aliphatic carbocycles. The highest BCUT2D eigenvalue weighted by Gasteiger charge is 2.36. The summed E-state index contributed by atoms with van der Waals surface area (Å²) in [5, 5.41) is 18.0. The molecule has 1 amide bonds. The zero-order valence-electron chi connectivity index (χ0n) is 13.8. The average molecular weight is 420 g/mol. The van der Waals surface area contributed by atoms with Crippen LogP contribution in [0.5, 0.6) is 0 Å². The highest BCUT2D eigenvalue weighted by atomic mass is 35.5. The van der Waals surface area contributed by atoms with Crippen molar-refractivity contribution in [1.29, 1.82) is 0 Å². The largest absolute Gasteiger partial charge is 0.310 e. The van der Waals surface area contributed by atoms with Gasteiger partial charge in [-0.25, -0.2) is 4.98 Å². The molecule has 0 bridgehead atoms. The molecule has 11 heteroatoms. The molecule has 0 aromatic carbocycles. The van der Waals surface area contributed by atoms with Gasteiger partial charge in [0.15, 0.2) is 21.1 Å². The number of hydrogen-bond acceptors (Lipinski definition) is 6. The van der Waals surface area contributed by atoms with Gasteiger partial charge in [0.25, 0.3) is 0 Å². The first-order valence-electron chi connectivity index (χ1n) is 8.03. The van der Waals surface area contributed by atoms with Crippen molar-refractivity contribution in [3.8, 4) is 5.82 Å². The Kier molecular flexibility index (Phi) is 3.71. The van der Waals surface area contributed by atoms with Crippen molar-refractivity contribution in [1.82, 2.24) is 29.4 Å². The van der Waals surface area contributed by atoms with Gasteiger partial charge < -0.3 is 5.32 Å². The molecule has 0 fully saturated rings. The number of fused-ring (bicyclic) bond motifs is 2. The summed E-state index contributed by atoms with van der Waals surface area (Å²) in [5.74, 6) is 0.632. The standard InChI is InChI=1S/C16H11Cl2N7OS/c1-7-12-8(13-14(18)20-16-24(13)4-5-27-16)6-11(26)19-15(12)25(23-7)10-3-2-9(17)21-22-10/h2-5,8H,6H2,1H3,(H,19,26)/t8-/m0/s1. The van der Waals surface area contributed by atoms with Gasteiger partial charge in [0.05, 0.1) is 11.4 Å². The first kappa shape index (κ1) is 16.7. The van der Waals surface area contributed by atoms with E-state index in [1.165, 1.54) is 11.3 Å². The molecule has 4 aromatic heterocycles. The molecule has 1 aliphatic heterocycles. The SMILES string of the molecule is Cc1nn(-c2ccc(Cl)nn2)c2c1[C@@H](c1c(Cl)nc3sccn13)CC(=O)N2. The van der Waals surface area contributed by atoms with Crippen LogP contribution in [0.4, 0.5) is 5.82 Å². The molecule has 1 N–H and O–H groups in total. The maximum Gasteiger partial charge on any atom is 0.226 e. The molecular weight excluding hydrogens is 409 g/mol. The van der Waals surface area contributed by atoms with Crippen LogP contribution in [0.2, 0.25) is 10.3 Å². The van der Waals surface area contributed by atoms with Crippen molar-refractivity contribution in [2.45, 2.75) is 19.3 Å². The Hall–Kier alpha value is -2.49. The van der Waals surface area contributed by atoms with E-state index in [0.717, 1.165) is 21.9 Å². The van der Waals surface area contributed by atoms with E-state index in [2.05, 4.69) is 25.6 Å². The Morgan fingerprint density at radius 2 is 2.15 bits per heavy atom. The Bertz CT molecular complexity index is 1190. The maximum atomic E-state index is 12.5. The first-order valence-corrected chi connectivity index (χ1v) is 9.66. The van der Waals surface area contributed by atoms with Gasteiger partial charge in [-0.05, 0) is 19.1 Å². The van der Waals surface area contributed by atoms with Crippen molar-refractivity contribution in [3.05, 3.63) is 51.0 Å². The Morgan fingerprint density at radius 1 is 1.30 bits per heavy atom. The lowest BCUT2D eigenvalue weighted by Crippen LogP contribution is -2.25. The lowest BCUT2D eigenvalue weighted by molar-refractivity contribution is -0.116. The topological polar surface area (TPSA) is 90.0 Å². The van der Waals surface area contributed by atoms with Gasteiger partial charge in [-0.15, -0.1) is 21.5 Å². The first-order chi connectivity index (χ1) is 13.0. The van der Waals surface area contributed by atoms with E-state index in [0.29, 0.717) is 16.8 Å². The summed E-state index contributed by atoms with van der Waals surface area (Å²) < 4.78 is 3.50. The number of halogens is 2. The van der Waals surface area contributed by atoms with E-state index in [4.69, 9.17) is 23.2 Å². The van der Waals surface area contributed by atoms with Gasteiger partial charge in [0, 0.05) is 29.5 Å². The van der Waals surface area contributed by atoms with E-state index >= 15 is 0 Å². The van der Waals surface area contributed by atoms with Crippen molar-refractivity contribution >= 4 is 51.2 Å². The number of thiazole rings is 1. The molecule has 27 heavy (non-hydrogen) atoms. The van der Waals surface area contributed by atoms with Gasteiger partial charge >= 0.3 is 0 Å². The Balaban J connectivity index is 1.72. The molecule has 4 aromatic rings. The number of nitrogens with one attached hydrogen (secondary N) is 1. The predicted molar refractivity (Wildman–Crippen MR) is 102 cm³/mol. The summed E-state index contributed by atoms with van der Waals surface area (Å²) >= 11 is 13.7. The van der Waals surface area contributed by atoms with Crippen LogP contribution in [0.3, 0.4) is 0 Å². The number of nitrogens with zero attached hydrogens (tertiary/aromatic N) is 6. The van der Waals surface area contributed by atoms with E-state index in [1.54, 1.807) is 16.8 Å². The van der Waals surface area contributed by atoms with Crippen LogP contribution in [0.25, 0.3) is 10.8 Å². The summed E-state index contributed by atoms with van der Waals surface area (Å²) in [6, 6.07) is 3.32. The smallest absolute Gasteiger partial charge is 0.226 e. The summed E-state index contributed by atoms with van der Waals surface area (Å²) in [4.78, 5) is 17.7. The lowest BCUT2D eigenvalue weighted by atomic mass is 9.89. The highest BCUT2D eigenvalue weighted by Crippen LogP contribution is 2.42.